The number of hydrogen-bond acceptors (Lipinski definition) is 2. The lowest BCUT2D eigenvalue weighted by atomic mass is 9.79. The first-order valence-corrected chi connectivity index (χ1v) is 7.53. The number of nitrogens with one attached hydrogen (secondary N) is 1. The lowest BCUT2D eigenvalue weighted by Crippen LogP contribution is -2.27. The predicted octanol–water partition coefficient (Wildman–Crippen LogP) is 4.35. The second kappa shape index (κ2) is 6.77. The number of anilines is 1. The minimum Gasteiger partial charge on any atom is -0.392 e. The maximum absolute atomic E-state index is 9.20. The largest absolute Gasteiger partial charge is 0.392 e. The molecule has 0 aliphatic rings. The summed E-state index contributed by atoms with van der Waals surface area (Å²) in [6.45, 7) is 6.85. The highest BCUT2D eigenvalue weighted by atomic mass is 16.3. The van der Waals surface area contributed by atoms with Gasteiger partial charge in [-0.25, -0.2) is 0 Å². The number of aliphatic hydroxyl groups excluding tert-OH is 1. The highest BCUT2D eigenvalue weighted by molar-refractivity contribution is 5.46. The second-order valence-corrected chi connectivity index (χ2v) is 6.36. The van der Waals surface area contributed by atoms with E-state index in [4.69, 9.17) is 0 Å². The SMILES string of the molecule is CC(CC(C)(C)c1ccccc1)Nc1cccc(CO)c1. The Hall–Kier alpha value is -1.80. The first-order valence-electron chi connectivity index (χ1n) is 7.53. The van der Waals surface area contributed by atoms with Gasteiger partial charge in [0.1, 0.15) is 0 Å². The summed E-state index contributed by atoms with van der Waals surface area (Å²) >= 11 is 0. The Morgan fingerprint density at radius 1 is 1.05 bits per heavy atom. The molecule has 0 spiro atoms. The summed E-state index contributed by atoms with van der Waals surface area (Å²) in [5.74, 6) is 0. The molecule has 0 fully saturated rings. The van der Waals surface area contributed by atoms with Gasteiger partial charge < -0.3 is 10.4 Å². The third-order valence-corrected chi connectivity index (χ3v) is 3.89. The van der Waals surface area contributed by atoms with Gasteiger partial charge in [-0.1, -0.05) is 56.3 Å². The van der Waals surface area contributed by atoms with E-state index in [0.29, 0.717) is 6.04 Å². The first kappa shape index (κ1) is 15.6. The fourth-order valence-corrected chi connectivity index (χ4v) is 2.87. The zero-order valence-corrected chi connectivity index (χ0v) is 13.1. The summed E-state index contributed by atoms with van der Waals surface area (Å²) in [4.78, 5) is 0. The van der Waals surface area contributed by atoms with Crippen LogP contribution in [0.1, 0.15) is 38.3 Å². The van der Waals surface area contributed by atoms with Gasteiger partial charge >= 0.3 is 0 Å². The molecule has 2 nitrogen and oxygen atoms in total. The van der Waals surface area contributed by atoms with E-state index in [0.717, 1.165) is 17.7 Å². The molecular weight excluding hydrogens is 258 g/mol. The van der Waals surface area contributed by atoms with Crippen molar-refractivity contribution in [1.82, 2.24) is 0 Å². The molecule has 0 bridgehead atoms. The van der Waals surface area contributed by atoms with Crippen LogP contribution >= 0.6 is 0 Å². The van der Waals surface area contributed by atoms with Gasteiger partial charge in [-0.2, -0.15) is 0 Å². The maximum Gasteiger partial charge on any atom is 0.0682 e. The highest BCUT2D eigenvalue weighted by Gasteiger charge is 2.23. The van der Waals surface area contributed by atoms with Crippen LogP contribution in [0.3, 0.4) is 0 Å². The van der Waals surface area contributed by atoms with E-state index in [2.05, 4.69) is 56.4 Å². The van der Waals surface area contributed by atoms with Gasteiger partial charge in [0.25, 0.3) is 0 Å². The van der Waals surface area contributed by atoms with E-state index in [-0.39, 0.29) is 12.0 Å². The van der Waals surface area contributed by atoms with Crippen molar-refractivity contribution in [3.8, 4) is 0 Å². The molecule has 0 radical (unpaired) electrons. The lowest BCUT2D eigenvalue weighted by Gasteiger charge is -2.29. The molecule has 0 aliphatic carbocycles. The van der Waals surface area contributed by atoms with E-state index >= 15 is 0 Å². The second-order valence-electron chi connectivity index (χ2n) is 6.36. The van der Waals surface area contributed by atoms with E-state index in [9.17, 15) is 5.11 Å². The molecule has 0 aliphatic heterocycles. The van der Waals surface area contributed by atoms with Gasteiger partial charge in [0, 0.05) is 11.7 Å². The number of benzene rings is 2. The number of rotatable bonds is 6. The van der Waals surface area contributed by atoms with Crippen molar-refractivity contribution < 1.29 is 5.11 Å². The summed E-state index contributed by atoms with van der Waals surface area (Å²) in [5, 5.41) is 12.7. The Morgan fingerprint density at radius 3 is 2.43 bits per heavy atom. The van der Waals surface area contributed by atoms with Gasteiger partial charge in [-0.3, -0.25) is 0 Å². The Labute approximate surface area is 127 Å². The molecule has 2 heteroatoms. The number of aliphatic hydroxyl groups is 1. The molecule has 0 aromatic heterocycles. The molecule has 2 rings (SSSR count). The van der Waals surface area contributed by atoms with Crippen LogP contribution in [0, 0.1) is 0 Å². The third-order valence-electron chi connectivity index (χ3n) is 3.89. The average Bonchev–Trinajstić information content (AvgIpc) is 2.47. The standard InChI is InChI=1S/C19H25NO/c1-15(20-18-11-7-8-16(12-18)14-21)13-19(2,3)17-9-5-4-6-10-17/h4-12,15,20-21H,13-14H2,1-3H3. The Balaban J connectivity index is 2.02. The monoisotopic (exact) mass is 283 g/mol. The van der Waals surface area contributed by atoms with Crippen molar-refractivity contribution in [3.63, 3.8) is 0 Å². The van der Waals surface area contributed by atoms with Crippen molar-refractivity contribution in [2.75, 3.05) is 5.32 Å². The van der Waals surface area contributed by atoms with Crippen molar-refractivity contribution >= 4 is 5.69 Å². The van der Waals surface area contributed by atoms with E-state index in [1.807, 2.05) is 24.3 Å². The summed E-state index contributed by atoms with van der Waals surface area (Å²) in [6.07, 6.45) is 1.04. The molecule has 1 atom stereocenters. The topological polar surface area (TPSA) is 32.3 Å². The molecule has 112 valence electrons. The molecule has 2 aromatic carbocycles. The third kappa shape index (κ3) is 4.33. The molecule has 0 amide bonds. The summed E-state index contributed by atoms with van der Waals surface area (Å²) in [5.41, 5.74) is 3.50. The van der Waals surface area contributed by atoms with Crippen LogP contribution in [0.25, 0.3) is 0 Å². The average molecular weight is 283 g/mol. The summed E-state index contributed by atoms with van der Waals surface area (Å²) < 4.78 is 0. The van der Waals surface area contributed by atoms with Crippen LogP contribution < -0.4 is 5.32 Å². The van der Waals surface area contributed by atoms with Gasteiger partial charge in [0.15, 0.2) is 0 Å². The van der Waals surface area contributed by atoms with E-state index in [1.54, 1.807) is 0 Å². The van der Waals surface area contributed by atoms with E-state index in [1.165, 1.54) is 5.56 Å². The number of hydrogen-bond donors (Lipinski definition) is 2. The van der Waals surface area contributed by atoms with Gasteiger partial charge in [0.05, 0.1) is 6.61 Å². The minimum absolute atomic E-state index is 0.0827. The van der Waals surface area contributed by atoms with Gasteiger partial charge in [-0.05, 0) is 42.0 Å². The molecule has 0 saturated carbocycles. The molecule has 2 aromatic rings. The zero-order valence-electron chi connectivity index (χ0n) is 13.1. The van der Waals surface area contributed by atoms with Crippen molar-refractivity contribution in [2.45, 2.75) is 45.3 Å². The molecule has 0 saturated heterocycles. The Morgan fingerprint density at radius 2 is 1.76 bits per heavy atom. The minimum atomic E-state index is 0.0827. The molecular formula is C19H25NO. The molecule has 0 heterocycles. The zero-order chi connectivity index (χ0) is 15.3. The highest BCUT2D eigenvalue weighted by Crippen LogP contribution is 2.29. The fraction of sp³-hybridized carbons (Fsp3) is 0.368. The molecule has 2 N–H and O–H groups in total. The summed E-state index contributed by atoms with van der Waals surface area (Å²) in [7, 11) is 0. The quantitative estimate of drug-likeness (QED) is 0.826. The van der Waals surface area contributed by atoms with Crippen LogP contribution in [-0.4, -0.2) is 11.1 Å². The summed E-state index contributed by atoms with van der Waals surface area (Å²) in [6, 6.07) is 19.0. The Kier molecular flexibility index (Phi) is 5.03. The van der Waals surface area contributed by atoms with Crippen LogP contribution in [0.15, 0.2) is 54.6 Å². The van der Waals surface area contributed by atoms with Crippen LogP contribution in [0.4, 0.5) is 5.69 Å². The van der Waals surface area contributed by atoms with Crippen molar-refractivity contribution in [2.24, 2.45) is 0 Å². The van der Waals surface area contributed by atoms with Crippen LogP contribution in [-0.2, 0) is 12.0 Å². The molecule has 1 unspecified atom stereocenters. The maximum atomic E-state index is 9.20. The van der Waals surface area contributed by atoms with Gasteiger partial charge in [0.2, 0.25) is 0 Å². The smallest absolute Gasteiger partial charge is 0.0682 e. The Bertz CT molecular complexity index is 563. The normalized spacial score (nSPS) is 13.0. The van der Waals surface area contributed by atoms with Crippen LogP contribution in [0.5, 0.6) is 0 Å². The van der Waals surface area contributed by atoms with Crippen molar-refractivity contribution in [1.29, 1.82) is 0 Å². The fourth-order valence-electron chi connectivity index (χ4n) is 2.87. The van der Waals surface area contributed by atoms with Crippen molar-refractivity contribution in [3.05, 3.63) is 65.7 Å². The molecule has 21 heavy (non-hydrogen) atoms. The lowest BCUT2D eigenvalue weighted by molar-refractivity contribution is 0.282. The first-order chi connectivity index (χ1) is 10.0. The van der Waals surface area contributed by atoms with Crippen LogP contribution in [0.2, 0.25) is 0 Å². The van der Waals surface area contributed by atoms with Gasteiger partial charge in [-0.15, -0.1) is 0 Å². The predicted molar refractivity (Wildman–Crippen MR) is 89.5 cm³/mol. The van der Waals surface area contributed by atoms with E-state index < -0.39 is 0 Å².